The van der Waals surface area contributed by atoms with Crippen LogP contribution in [-0.2, 0) is 9.59 Å². The average Bonchev–Trinajstić information content (AvgIpc) is 3.38. The molecular weight excluding hydrogens is 496 g/mol. The van der Waals surface area contributed by atoms with Crippen molar-refractivity contribution in [3.05, 3.63) is 93.0 Å². The monoisotopic (exact) mass is 518 g/mol. The molecule has 1 atom stereocenters. The van der Waals surface area contributed by atoms with E-state index >= 15 is 0 Å². The van der Waals surface area contributed by atoms with E-state index in [1.807, 2.05) is 32.9 Å². The number of ether oxygens (including phenoxy) is 1. The van der Waals surface area contributed by atoms with Crippen LogP contribution in [0.4, 0.5) is 5.13 Å². The Bertz CT molecular complexity index is 1570. The number of halogens is 1. The molecule has 0 radical (unpaired) electrons. The van der Waals surface area contributed by atoms with Crippen molar-refractivity contribution in [2.45, 2.75) is 26.8 Å². The van der Waals surface area contributed by atoms with E-state index in [9.17, 15) is 14.7 Å². The number of aryl methyl sites for hydroxylation is 3. The second-order valence-corrected chi connectivity index (χ2v) is 10.3. The predicted molar refractivity (Wildman–Crippen MR) is 143 cm³/mol. The van der Waals surface area contributed by atoms with Crippen molar-refractivity contribution in [3.8, 4) is 5.75 Å². The minimum absolute atomic E-state index is 0.000882. The fraction of sp³-hybridized carbons (Fsp3) is 0.179. The van der Waals surface area contributed by atoms with Crippen LogP contribution in [0, 0.1) is 20.8 Å². The lowest BCUT2D eigenvalue weighted by atomic mass is 9.95. The van der Waals surface area contributed by atoms with Gasteiger partial charge in [0.2, 0.25) is 0 Å². The van der Waals surface area contributed by atoms with Gasteiger partial charge in [0.05, 0.1) is 28.9 Å². The number of rotatable bonds is 4. The summed E-state index contributed by atoms with van der Waals surface area (Å²) < 4.78 is 6.24. The Balaban J connectivity index is 1.73. The summed E-state index contributed by atoms with van der Waals surface area (Å²) in [5.74, 6) is -1.11. The highest BCUT2D eigenvalue weighted by Gasteiger charge is 2.48. The molecule has 6 nitrogen and oxygen atoms in total. The number of anilines is 1. The number of Topliss-reactive ketones (excluding diaryl/α,β-unsaturated/α-hetero) is 1. The molecule has 0 saturated carbocycles. The molecule has 8 heteroatoms. The summed E-state index contributed by atoms with van der Waals surface area (Å²) >= 11 is 7.47. The summed E-state index contributed by atoms with van der Waals surface area (Å²) in [7, 11) is 1.56. The lowest BCUT2D eigenvalue weighted by Crippen LogP contribution is -2.29. The third-order valence-corrected chi connectivity index (χ3v) is 7.58. The summed E-state index contributed by atoms with van der Waals surface area (Å²) in [5, 5.41) is 12.3. The van der Waals surface area contributed by atoms with Gasteiger partial charge in [-0.25, -0.2) is 4.98 Å². The molecule has 0 spiro atoms. The normalized spacial score (nSPS) is 17.2. The standard InChI is InChI=1S/C28H23ClN2O4S/c1-14-11-16(3)23-21(12-14)36-28(30-23)31-24(17-5-8-19(29)9-6-17)22(26(33)27(31)34)25(32)18-7-10-20(35-4)15(2)13-18/h5-13,24,32H,1-4H3/t24-/m0/s1. The molecule has 4 aromatic rings. The number of amides is 1. The van der Waals surface area contributed by atoms with Crippen LogP contribution >= 0.6 is 22.9 Å². The number of ketones is 1. The minimum Gasteiger partial charge on any atom is -0.507 e. The first kappa shape index (κ1) is 24.0. The van der Waals surface area contributed by atoms with Crippen LogP contribution in [0.25, 0.3) is 16.0 Å². The number of carbonyl (C=O) groups excluding carboxylic acids is 2. The molecule has 2 heterocycles. The number of aliphatic hydroxyl groups is 1. The van der Waals surface area contributed by atoms with E-state index in [4.69, 9.17) is 21.3 Å². The zero-order valence-electron chi connectivity index (χ0n) is 20.1. The molecule has 1 aliphatic heterocycles. The van der Waals surface area contributed by atoms with Gasteiger partial charge in [-0.3, -0.25) is 14.5 Å². The largest absolute Gasteiger partial charge is 0.507 e. The topological polar surface area (TPSA) is 79.7 Å². The average molecular weight is 519 g/mol. The molecule has 1 fully saturated rings. The van der Waals surface area contributed by atoms with E-state index < -0.39 is 17.7 Å². The number of nitrogens with zero attached hydrogens (tertiary/aromatic N) is 2. The highest BCUT2D eigenvalue weighted by molar-refractivity contribution is 7.22. The molecule has 3 aromatic carbocycles. The highest BCUT2D eigenvalue weighted by atomic mass is 35.5. The van der Waals surface area contributed by atoms with Crippen molar-refractivity contribution in [1.82, 2.24) is 4.98 Å². The molecule has 1 amide bonds. The number of aliphatic hydroxyl groups excluding tert-OH is 1. The number of hydrogen-bond donors (Lipinski definition) is 1. The second-order valence-electron chi connectivity index (χ2n) is 8.83. The van der Waals surface area contributed by atoms with Gasteiger partial charge in [-0.2, -0.15) is 0 Å². The quantitative estimate of drug-likeness (QED) is 0.189. The van der Waals surface area contributed by atoms with Crippen LogP contribution in [0.2, 0.25) is 5.02 Å². The second kappa shape index (κ2) is 9.08. The number of aromatic nitrogens is 1. The van der Waals surface area contributed by atoms with E-state index in [0.717, 1.165) is 26.9 Å². The molecule has 1 aromatic heterocycles. The van der Waals surface area contributed by atoms with Crippen molar-refractivity contribution < 1.29 is 19.4 Å². The highest BCUT2D eigenvalue weighted by Crippen LogP contribution is 2.45. The van der Waals surface area contributed by atoms with E-state index in [-0.39, 0.29) is 11.3 Å². The zero-order valence-corrected chi connectivity index (χ0v) is 21.7. The smallest absolute Gasteiger partial charge is 0.301 e. The van der Waals surface area contributed by atoms with Gasteiger partial charge in [-0.15, -0.1) is 0 Å². The van der Waals surface area contributed by atoms with Crippen molar-refractivity contribution in [1.29, 1.82) is 0 Å². The summed E-state index contributed by atoms with van der Waals surface area (Å²) in [6.07, 6.45) is 0. The molecule has 182 valence electrons. The predicted octanol–water partition coefficient (Wildman–Crippen LogP) is 6.51. The van der Waals surface area contributed by atoms with Crippen LogP contribution in [0.3, 0.4) is 0 Å². The van der Waals surface area contributed by atoms with Crippen LogP contribution in [0.5, 0.6) is 5.75 Å². The van der Waals surface area contributed by atoms with Gasteiger partial charge in [0, 0.05) is 10.6 Å². The first-order valence-corrected chi connectivity index (χ1v) is 12.5. The fourth-order valence-corrected chi connectivity index (χ4v) is 5.93. The molecular formula is C28H23ClN2O4S. The van der Waals surface area contributed by atoms with Gasteiger partial charge < -0.3 is 9.84 Å². The zero-order chi connectivity index (χ0) is 25.7. The summed E-state index contributed by atoms with van der Waals surface area (Å²) in [5.41, 5.74) is 4.69. The number of benzene rings is 3. The number of fused-ring (bicyclic) bond motifs is 1. The van der Waals surface area contributed by atoms with E-state index in [0.29, 0.717) is 27.0 Å². The summed E-state index contributed by atoms with van der Waals surface area (Å²) in [6.45, 7) is 5.81. The molecule has 1 N–H and O–H groups in total. The van der Waals surface area contributed by atoms with Gasteiger partial charge in [-0.05, 0) is 79.4 Å². The maximum atomic E-state index is 13.5. The Morgan fingerprint density at radius 1 is 1.03 bits per heavy atom. The maximum Gasteiger partial charge on any atom is 0.301 e. The number of hydrogen-bond acceptors (Lipinski definition) is 6. The third kappa shape index (κ3) is 3.94. The summed E-state index contributed by atoms with van der Waals surface area (Å²) in [4.78, 5) is 33.0. The SMILES string of the molecule is COc1ccc(C(O)=C2C(=O)C(=O)N(c3nc4c(C)cc(C)cc4s3)[C@H]2c2ccc(Cl)cc2)cc1C. The Morgan fingerprint density at radius 3 is 2.42 bits per heavy atom. The fourth-order valence-electron chi connectivity index (χ4n) is 4.63. The van der Waals surface area contributed by atoms with Crippen molar-refractivity contribution in [2.75, 3.05) is 12.0 Å². The first-order valence-electron chi connectivity index (χ1n) is 11.3. The van der Waals surface area contributed by atoms with Crippen molar-refractivity contribution in [2.24, 2.45) is 0 Å². The molecule has 0 aliphatic carbocycles. The van der Waals surface area contributed by atoms with Crippen LogP contribution in [-0.4, -0.2) is 28.9 Å². The van der Waals surface area contributed by atoms with Crippen LogP contribution < -0.4 is 9.64 Å². The van der Waals surface area contributed by atoms with Crippen LogP contribution in [0.15, 0.2) is 60.2 Å². The van der Waals surface area contributed by atoms with E-state index in [1.54, 1.807) is 49.6 Å². The van der Waals surface area contributed by atoms with Gasteiger partial charge in [-0.1, -0.05) is 41.1 Å². The van der Waals surface area contributed by atoms with Crippen molar-refractivity contribution >= 4 is 55.7 Å². The van der Waals surface area contributed by atoms with Gasteiger partial charge in [0.15, 0.2) is 5.13 Å². The van der Waals surface area contributed by atoms with Crippen molar-refractivity contribution in [3.63, 3.8) is 0 Å². The Labute approximate surface area is 217 Å². The maximum absolute atomic E-state index is 13.5. The molecule has 5 rings (SSSR count). The van der Waals surface area contributed by atoms with E-state index in [1.165, 1.54) is 16.2 Å². The van der Waals surface area contributed by atoms with E-state index in [2.05, 4.69) is 0 Å². The van der Waals surface area contributed by atoms with Gasteiger partial charge in [0.25, 0.3) is 5.78 Å². The Hall–Kier alpha value is -3.68. The summed E-state index contributed by atoms with van der Waals surface area (Å²) in [6, 6.07) is 15.2. The lowest BCUT2D eigenvalue weighted by molar-refractivity contribution is -0.132. The molecule has 1 saturated heterocycles. The number of thiazole rings is 1. The Morgan fingerprint density at radius 2 is 1.75 bits per heavy atom. The molecule has 0 unspecified atom stereocenters. The Kier molecular flexibility index (Phi) is 6.06. The lowest BCUT2D eigenvalue weighted by Gasteiger charge is -2.23. The van der Waals surface area contributed by atoms with Gasteiger partial charge in [0.1, 0.15) is 11.5 Å². The van der Waals surface area contributed by atoms with Crippen LogP contribution in [0.1, 0.15) is 33.9 Å². The molecule has 36 heavy (non-hydrogen) atoms. The van der Waals surface area contributed by atoms with Gasteiger partial charge >= 0.3 is 5.91 Å². The number of methoxy groups -OCH3 is 1. The molecule has 1 aliphatic rings. The first-order chi connectivity index (χ1) is 17.2. The number of carbonyl (C=O) groups is 2. The molecule has 0 bridgehead atoms. The minimum atomic E-state index is -0.869. The third-order valence-electron chi connectivity index (χ3n) is 6.32.